The fraction of sp³-hybridized carbons (Fsp3) is 0.417. The summed E-state index contributed by atoms with van der Waals surface area (Å²) in [6.07, 6.45) is 0. The fourth-order valence-corrected chi connectivity index (χ4v) is 1.51. The van der Waals surface area contributed by atoms with E-state index < -0.39 is 10.9 Å². The third-order valence-corrected chi connectivity index (χ3v) is 2.38. The molecule has 7 nitrogen and oxygen atoms in total. The summed E-state index contributed by atoms with van der Waals surface area (Å²) in [5, 5.41) is 10.8. The highest BCUT2D eigenvalue weighted by molar-refractivity contribution is 5.97. The van der Waals surface area contributed by atoms with Crippen molar-refractivity contribution in [3.8, 4) is 0 Å². The standard InChI is InChI=1S/C12H16N2O5/c1-3-18-4-5-19-12(15)9-6-8(2)7-10(11(9)13)14(16)17/h6-7H,3-5,13H2,1-2H3. The quantitative estimate of drug-likeness (QED) is 0.277. The normalized spacial score (nSPS) is 10.2. The number of ether oxygens (including phenoxy) is 2. The molecule has 0 saturated heterocycles. The van der Waals surface area contributed by atoms with Gasteiger partial charge < -0.3 is 15.2 Å². The molecular weight excluding hydrogens is 252 g/mol. The van der Waals surface area contributed by atoms with Crippen LogP contribution in [0.25, 0.3) is 0 Å². The van der Waals surface area contributed by atoms with Crippen LogP contribution in [0.1, 0.15) is 22.8 Å². The maximum atomic E-state index is 11.8. The highest BCUT2D eigenvalue weighted by atomic mass is 16.6. The Morgan fingerprint density at radius 3 is 2.68 bits per heavy atom. The van der Waals surface area contributed by atoms with Gasteiger partial charge >= 0.3 is 5.97 Å². The molecule has 0 atom stereocenters. The first-order valence-electron chi connectivity index (χ1n) is 5.76. The minimum Gasteiger partial charge on any atom is -0.460 e. The van der Waals surface area contributed by atoms with Crippen molar-refractivity contribution in [2.24, 2.45) is 0 Å². The maximum Gasteiger partial charge on any atom is 0.340 e. The van der Waals surface area contributed by atoms with E-state index in [1.54, 1.807) is 6.92 Å². The molecule has 0 fully saturated rings. The van der Waals surface area contributed by atoms with Crippen LogP contribution in [0.2, 0.25) is 0 Å². The molecule has 104 valence electrons. The van der Waals surface area contributed by atoms with Gasteiger partial charge in [-0.1, -0.05) is 0 Å². The van der Waals surface area contributed by atoms with E-state index >= 15 is 0 Å². The SMILES string of the molecule is CCOCCOC(=O)c1cc(C)cc([N+](=O)[O-])c1N. The molecule has 1 rings (SSSR count). The lowest BCUT2D eigenvalue weighted by molar-refractivity contribution is -0.384. The molecule has 0 aliphatic carbocycles. The van der Waals surface area contributed by atoms with E-state index in [9.17, 15) is 14.9 Å². The van der Waals surface area contributed by atoms with Gasteiger partial charge in [-0.15, -0.1) is 0 Å². The van der Waals surface area contributed by atoms with Crippen LogP contribution < -0.4 is 5.73 Å². The molecule has 0 unspecified atom stereocenters. The molecule has 7 heteroatoms. The Morgan fingerprint density at radius 2 is 2.11 bits per heavy atom. The zero-order chi connectivity index (χ0) is 14.4. The van der Waals surface area contributed by atoms with Gasteiger partial charge in [-0.3, -0.25) is 10.1 Å². The number of nitro benzene ring substituents is 1. The molecule has 2 N–H and O–H groups in total. The van der Waals surface area contributed by atoms with Crippen LogP contribution in [0.4, 0.5) is 11.4 Å². The molecule has 0 aliphatic rings. The van der Waals surface area contributed by atoms with Crippen molar-refractivity contribution in [2.45, 2.75) is 13.8 Å². The minimum atomic E-state index is -0.691. The van der Waals surface area contributed by atoms with Crippen molar-refractivity contribution in [1.29, 1.82) is 0 Å². The zero-order valence-corrected chi connectivity index (χ0v) is 10.8. The van der Waals surface area contributed by atoms with Gasteiger partial charge in [-0.25, -0.2) is 4.79 Å². The van der Waals surface area contributed by atoms with Crippen molar-refractivity contribution in [3.63, 3.8) is 0 Å². The number of hydrogen-bond acceptors (Lipinski definition) is 6. The summed E-state index contributed by atoms with van der Waals surface area (Å²) in [6.45, 7) is 4.34. The monoisotopic (exact) mass is 268 g/mol. The Morgan fingerprint density at radius 1 is 1.42 bits per heavy atom. The molecule has 0 aliphatic heterocycles. The molecule has 0 aromatic heterocycles. The van der Waals surface area contributed by atoms with E-state index in [1.807, 2.05) is 6.92 Å². The third kappa shape index (κ3) is 3.92. The summed E-state index contributed by atoms with van der Waals surface area (Å²) >= 11 is 0. The van der Waals surface area contributed by atoms with Crippen LogP contribution in [0.5, 0.6) is 0 Å². The van der Waals surface area contributed by atoms with E-state index in [0.717, 1.165) is 0 Å². The Bertz CT molecular complexity index is 487. The summed E-state index contributed by atoms with van der Waals surface area (Å²) in [7, 11) is 0. The Balaban J connectivity index is 2.88. The summed E-state index contributed by atoms with van der Waals surface area (Å²) in [5.41, 5.74) is 5.70. The fourth-order valence-electron chi connectivity index (χ4n) is 1.51. The van der Waals surface area contributed by atoms with Crippen molar-refractivity contribution < 1.29 is 19.2 Å². The molecular formula is C12H16N2O5. The van der Waals surface area contributed by atoms with Gasteiger partial charge in [0.05, 0.1) is 17.1 Å². The summed E-state index contributed by atoms with van der Waals surface area (Å²) in [6, 6.07) is 2.78. The van der Waals surface area contributed by atoms with Crippen LogP contribution in [0.3, 0.4) is 0 Å². The van der Waals surface area contributed by atoms with Crippen LogP contribution in [-0.2, 0) is 9.47 Å². The largest absolute Gasteiger partial charge is 0.460 e. The number of benzene rings is 1. The van der Waals surface area contributed by atoms with Crippen LogP contribution >= 0.6 is 0 Å². The molecule has 0 heterocycles. The zero-order valence-electron chi connectivity index (χ0n) is 10.8. The van der Waals surface area contributed by atoms with E-state index in [2.05, 4.69) is 0 Å². The number of hydrogen-bond donors (Lipinski definition) is 1. The van der Waals surface area contributed by atoms with E-state index in [-0.39, 0.29) is 30.2 Å². The second-order valence-electron chi connectivity index (χ2n) is 3.84. The van der Waals surface area contributed by atoms with Crippen molar-refractivity contribution in [2.75, 3.05) is 25.6 Å². The lowest BCUT2D eigenvalue weighted by atomic mass is 10.1. The lowest BCUT2D eigenvalue weighted by Crippen LogP contribution is -2.13. The molecule has 0 bridgehead atoms. The van der Waals surface area contributed by atoms with Crippen molar-refractivity contribution >= 4 is 17.3 Å². The molecule has 1 aromatic rings. The number of rotatable bonds is 6. The summed E-state index contributed by atoms with van der Waals surface area (Å²) < 4.78 is 9.95. The second-order valence-corrected chi connectivity index (χ2v) is 3.84. The first-order chi connectivity index (χ1) is 8.97. The van der Waals surface area contributed by atoms with Gasteiger partial charge in [0, 0.05) is 12.7 Å². The van der Waals surface area contributed by atoms with Gasteiger partial charge in [0.1, 0.15) is 12.3 Å². The predicted octanol–water partition coefficient (Wildman–Crippen LogP) is 1.68. The summed E-state index contributed by atoms with van der Waals surface area (Å²) in [5.74, 6) is -0.691. The van der Waals surface area contributed by atoms with Gasteiger partial charge in [-0.05, 0) is 25.5 Å². The maximum absolute atomic E-state index is 11.8. The second kappa shape index (κ2) is 6.69. The predicted molar refractivity (Wildman–Crippen MR) is 69.0 cm³/mol. The lowest BCUT2D eigenvalue weighted by Gasteiger charge is -2.08. The number of carbonyl (C=O) groups is 1. The molecule has 19 heavy (non-hydrogen) atoms. The van der Waals surface area contributed by atoms with Crippen molar-refractivity contribution in [3.05, 3.63) is 33.4 Å². The Labute approximate surface area is 110 Å². The van der Waals surface area contributed by atoms with E-state index in [0.29, 0.717) is 12.2 Å². The van der Waals surface area contributed by atoms with Gasteiger partial charge in [0.2, 0.25) is 0 Å². The molecule has 0 radical (unpaired) electrons. The average Bonchev–Trinajstić information content (AvgIpc) is 2.36. The Kier molecular flexibility index (Phi) is 5.25. The number of anilines is 1. The first-order valence-corrected chi connectivity index (χ1v) is 5.76. The minimum absolute atomic E-state index is 0.00296. The average molecular weight is 268 g/mol. The van der Waals surface area contributed by atoms with E-state index in [1.165, 1.54) is 12.1 Å². The van der Waals surface area contributed by atoms with E-state index in [4.69, 9.17) is 15.2 Å². The van der Waals surface area contributed by atoms with Gasteiger partial charge in [0.15, 0.2) is 0 Å². The number of esters is 1. The molecule has 1 aromatic carbocycles. The van der Waals surface area contributed by atoms with Crippen LogP contribution in [-0.4, -0.2) is 30.7 Å². The third-order valence-electron chi connectivity index (χ3n) is 2.38. The molecule has 0 amide bonds. The van der Waals surface area contributed by atoms with Gasteiger partial charge in [-0.2, -0.15) is 0 Å². The molecule has 0 saturated carbocycles. The number of nitrogen functional groups attached to an aromatic ring is 1. The van der Waals surface area contributed by atoms with Crippen LogP contribution in [0.15, 0.2) is 12.1 Å². The van der Waals surface area contributed by atoms with Crippen molar-refractivity contribution in [1.82, 2.24) is 0 Å². The number of nitro groups is 1. The van der Waals surface area contributed by atoms with Gasteiger partial charge in [0.25, 0.3) is 5.69 Å². The number of nitrogens with zero attached hydrogens (tertiary/aromatic N) is 1. The smallest absolute Gasteiger partial charge is 0.340 e. The highest BCUT2D eigenvalue weighted by Gasteiger charge is 2.21. The topological polar surface area (TPSA) is 105 Å². The number of aryl methyl sites for hydroxylation is 1. The van der Waals surface area contributed by atoms with Crippen LogP contribution in [0, 0.1) is 17.0 Å². The summed E-state index contributed by atoms with van der Waals surface area (Å²) in [4.78, 5) is 22.0. The highest BCUT2D eigenvalue weighted by Crippen LogP contribution is 2.27. The Hall–Kier alpha value is -2.15. The number of nitrogens with two attached hydrogens (primary N) is 1. The number of carbonyl (C=O) groups excluding carboxylic acids is 1. The molecule has 0 spiro atoms. The first kappa shape index (κ1) is 14.9.